The number of aromatic nitrogens is 2. The van der Waals surface area contributed by atoms with E-state index in [9.17, 15) is 0 Å². The highest BCUT2D eigenvalue weighted by Crippen LogP contribution is 2.37. The van der Waals surface area contributed by atoms with Crippen LogP contribution in [0.25, 0.3) is 0 Å². The van der Waals surface area contributed by atoms with Gasteiger partial charge < -0.3 is 0 Å². The predicted octanol–water partition coefficient (Wildman–Crippen LogP) is 2.48. The molecule has 0 spiro atoms. The summed E-state index contributed by atoms with van der Waals surface area (Å²) in [5.41, 5.74) is 6.77. The Morgan fingerprint density at radius 1 is 1.40 bits per heavy atom. The normalized spacial score (nSPS) is 16.4. The Morgan fingerprint density at radius 2 is 2.05 bits per heavy atom. The van der Waals surface area contributed by atoms with E-state index in [1.165, 1.54) is 11.1 Å². The van der Waals surface area contributed by atoms with Gasteiger partial charge in [0, 0.05) is 6.54 Å². The van der Waals surface area contributed by atoms with Crippen LogP contribution in [0.15, 0.2) is 30.5 Å². The molecule has 0 saturated heterocycles. The van der Waals surface area contributed by atoms with E-state index in [1.54, 1.807) is 6.20 Å². The van der Waals surface area contributed by atoms with Crippen molar-refractivity contribution in [1.29, 1.82) is 0 Å². The van der Waals surface area contributed by atoms with E-state index in [4.69, 9.17) is 17.4 Å². The number of hydrazine groups is 1. The first kappa shape index (κ1) is 13.6. The maximum Gasteiger partial charge on any atom is 0.0834 e. The van der Waals surface area contributed by atoms with Gasteiger partial charge in [-0.2, -0.15) is 5.10 Å². The second-order valence-corrected chi connectivity index (χ2v) is 5.68. The lowest BCUT2D eigenvalue weighted by atomic mass is 9.94. The van der Waals surface area contributed by atoms with E-state index in [1.807, 2.05) is 4.68 Å². The summed E-state index contributed by atoms with van der Waals surface area (Å²) in [6.45, 7) is 2.85. The summed E-state index contributed by atoms with van der Waals surface area (Å²) in [5.74, 6) is 6.24. The van der Waals surface area contributed by atoms with Gasteiger partial charge in [-0.3, -0.25) is 16.0 Å². The van der Waals surface area contributed by atoms with Gasteiger partial charge in [-0.05, 0) is 36.8 Å². The Balaban J connectivity index is 1.91. The second-order valence-electron chi connectivity index (χ2n) is 5.27. The van der Waals surface area contributed by atoms with Crippen molar-refractivity contribution in [1.82, 2.24) is 15.2 Å². The largest absolute Gasteiger partial charge is 0.271 e. The Labute approximate surface area is 123 Å². The summed E-state index contributed by atoms with van der Waals surface area (Å²) in [6.07, 6.45) is 3.75. The summed E-state index contributed by atoms with van der Waals surface area (Å²) in [4.78, 5) is 0. The zero-order chi connectivity index (χ0) is 14.1. The number of benzene rings is 1. The first-order valence-corrected chi connectivity index (χ1v) is 7.36. The van der Waals surface area contributed by atoms with E-state index in [-0.39, 0.29) is 6.04 Å². The van der Waals surface area contributed by atoms with Crippen molar-refractivity contribution >= 4 is 11.6 Å². The standard InChI is InChI=1S/C15H19ClN4/c1-2-20-15(13(16)9-18-20)14(19-17)12-7-10-5-3-4-6-11(10)8-12/h3-6,9,12,14,19H,2,7-8,17H2,1H3. The number of hydrogen-bond donors (Lipinski definition) is 2. The van der Waals surface area contributed by atoms with Crippen LogP contribution in [0.4, 0.5) is 0 Å². The Kier molecular flexibility index (Phi) is 3.78. The molecule has 0 radical (unpaired) electrons. The molecule has 20 heavy (non-hydrogen) atoms. The van der Waals surface area contributed by atoms with Crippen LogP contribution in [-0.2, 0) is 19.4 Å². The molecule has 0 saturated carbocycles. The number of fused-ring (bicyclic) bond motifs is 1. The van der Waals surface area contributed by atoms with Gasteiger partial charge in [0.15, 0.2) is 0 Å². The molecule has 2 aromatic rings. The molecule has 1 aromatic carbocycles. The molecular weight excluding hydrogens is 272 g/mol. The first-order valence-electron chi connectivity index (χ1n) is 6.98. The van der Waals surface area contributed by atoms with Crippen molar-refractivity contribution in [2.45, 2.75) is 32.4 Å². The van der Waals surface area contributed by atoms with Gasteiger partial charge in [0.05, 0.1) is 23.0 Å². The van der Waals surface area contributed by atoms with Crippen molar-refractivity contribution < 1.29 is 0 Å². The monoisotopic (exact) mass is 290 g/mol. The molecule has 3 rings (SSSR count). The summed E-state index contributed by atoms with van der Waals surface area (Å²) in [6, 6.07) is 8.60. The fourth-order valence-electron chi connectivity index (χ4n) is 3.20. The van der Waals surface area contributed by atoms with E-state index in [2.05, 4.69) is 41.7 Å². The van der Waals surface area contributed by atoms with Gasteiger partial charge in [-0.1, -0.05) is 35.9 Å². The third kappa shape index (κ3) is 2.24. The van der Waals surface area contributed by atoms with Crippen molar-refractivity contribution in [3.8, 4) is 0 Å². The van der Waals surface area contributed by atoms with Crippen LogP contribution in [0.1, 0.15) is 29.8 Å². The van der Waals surface area contributed by atoms with Crippen molar-refractivity contribution in [3.63, 3.8) is 0 Å². The fourth-order valence-corrected chi connectivity index (χ4v) is 3.46. The van der Waals surface area contributed by atoms with Crippen LogP contribution in [0.3, 0.4) is 0 Å². The molecule has 1 unspecified atom stereocenters. The maximum atomic E-state index is 6.31. The Bertz CT molecular complexity index is 583. The molecule has 5 heteroatoms. The van der Waals surface area contributed by atoms with Crippen molar-refractivity contribution in [2.75, 3.05) is 0 Å². The van der Waals surface area contributed by atoms with E-state index < -0.39 is 0 Å². The summed E-state index contributed by atoms with van der Waals surface area (Å²) in [5, 5.41) is 5.00. The van der Waals surface area contributed by atoms with Gasteiger partial charge >= 0.3 is 0 Å². The number of nitrogens with zero attached hydrogens (tertiary/aromatic N) is 2. The molecule has 1 aliphatic carbocycles. The van der Waals surface area contributed by atoms with Gasteiger partial charge in [-0.25, -0.2) is 0 Å². The first-order chi connectivity index (χ1) is 9.74. The van der Waals surface area contributed by atoms with Crippen LogP contribution in [0.2, 0.25) is 5.02 Å². The number of aryl methyl sites for hydroxylation is 1. The lowest BCUT2D eigenvalue weighted by molar-refractivity contribution is 0.356. The zero-order valence-corrected chi connectivity index (χ0v) is 12.3. The highest BCUT2D eigenvalue weighted by Gasteiger charge is 2.32. The van der Waals surface area contributed by atoms with Gasteiger partial charge in [0.25, 0.3) is 0 Å². The number of hydrogen-bond acceptors (Lipinski definition) is 3. The average molecular weight is 291 g/mol. The lowest BCUT2D eigenvalue weighted by Crippen LogP contribution is -2.35. The smallest absolute Gasteiger partial charge is 0.0834 e. The summed E-state index contributed by atoms with van der Waals surface area (Å²) < 4.78 is 1.93. The number of halogens is 1. The van der Waals surface area contributed by atoms with Crippen LogP contribution in [0.5, 0.6) is 0 Å². The topological polar surface area (TPSA) is 55.9 Å². The van der Waals surface area contributed by atoms with Crippen molar-refractivity contribution in [3.05, 3.63) is 52.3 Å². The van der Waals surface area contributed by atoms with Crippen LogP contribution in [0, 0.1) is 5.92 Å². The molecule has 1 heterocycles. The fraction of sp³-hybridized carbons (Fsp3) is 0.400. The lowest BCUT2D eigenvalue weighted by Gasteiger charge is -2.24. The quantitative estimate of drug-likeness (QED) is 0.672. The Morgan fingerprint density at radius 3 is 2.60 bits per heavy atom. The molecule has 1 atom stereocenters. The molecule has 0 amide bonds. The minimum Gasteiger partial charge on any atom is -0.271 e. The van der Waals surface area contributed by atoms with E-state index in [0.717, 1.165) is 25.1 Å². The SMILES string of the molecule is CCn1ncc(Cl)c1C(NN)C1Cc2ccccc2C1. The summed E-state index contributed by atoms with van der Waals surface area (Å²) >= 11 is 6.31. The molecule has 0 bridgehead atoms. The third-order valence-corrected chi connectivity index (χ3v) is 4.45. The van der Waals surface area contributed by atoms with Crippen LogP contribution in [-0.4, -0.2) is 9.78 Å². The average Bonchev–Trinajstić information content (AvgIpc) is 3.04. The van der Waals surface area contributed by atoms with Crippen LogP contribution < -0.4 is 11.3 Å². The molecule has 3 N–H and O–H groups in total. The summed E-state index contributed by atoms with van der Waals surface area (Å²) in [7, 11) is 0. The molecular formula is C15H19ClN4. The molecule has 1 aliphatic rings. The number of nitrogens with one attached hydrogen (secondary N) is 1. The molecule has 1 aromatic heterocycles. The van der Waals surface area contributed by atoms with Gasteiger partial charge in [0.2, 0.25) is 0 Å². The predicted molar refractivity (Wildman–Crippen MR) is 80.3 cm³/mol. The molecule has 0 aliphatic heterocycles. The molecule has 106 valence electrons. The number of nitrogens with two attached hydrogens (primary N) is 1. The minimum absolute atomic E-state index is 0.0253. The second kappa shape index (κ2) is 5.56. The van der Waals surface area contributed by atoms with Gasteiger partial charge in [-0.15, -0.1) is 0 Å². The Hall–Kier alpha value is -1.36. The molecule has 0 fully saturated rings. The van der Waals surface area contributed by atoms with E-state index in [0.29, 0.717) is 10.9 Å². The minimum atomic E-state index is 0.0253. The molecule has 4 nitrogen and oxygen atoms in total. The highest BCUT2D eigenvalue weighted by molar-refractivity contribution is 6.31. The van der Waals surface area contributed by atoms with E-state index >= 15 is 0 Å². The van der Waals surface area contributed by atoms with Crippen LogP contribution >= 0.6 is 11.6 Å². The maximum absolute atomic E-state index is 6.31. The van der Waals surface area contributed by atoms with Gasteiger partial charge in [0.1, 0.15) is 0 Å². The third-order valence-electron chi connectivity index (χ3n) is 4.16. The zero-order valence-electron chi connectivity index (χ0n) is 11.5. The number of rotatable bonds is 4. The van der Waals surface area contributed by atoms with Crippen molar-refractivity contribution in [2.24, 2.45) is 11.8 Å². The highest BCUT2D eigenvalue weighted by atomic mass is 35.5.